The highest BCUT2D eigenvalue weighted by molar-refractivity contribution is 8.00. The van der Waals surface area contributed by atoms with Gasteiger partial charge in [-0.3, -0.25) is 0 Å². The molecule has 1 aromatic rings. The lowest BCUT2D eigenvalue weighted by Crippen LogP contribution is -1.90. The third kappa shape index (κ3) is 43.2. The monoisotopic (exact) mass is 870 g/mol. The van der Waals surface area contributed by atoms with Gasteiger partial charge < -0.3 is 0 Å². The minimum absolute atomic E-state index is 1.04. The molecule has 60 heavy (non-hydrogen) atoms. The van der Waals surface area contributed by atoms with Gasteiger partial charge in [-0.25, -0.2) is 0 Å². The third-order valence-corrected chi connectivity index (χ3v) is 15.3. The largest absolute Gasteiger partial charge is 0.126 e. The first-order valence-corrected chi connectivity index (χ1v) is 30.0. The van der Waals surface area contributed by atoms with Gasteiger partial charge in [-0.1, -0.05) is 297 Å². The summed E-state index contributed by atoms with van der Waals surface area (Å²) in [5.74, 6) is 2.56. The van der Waals surface area contributed by atoms with Crippen molar-refractivity contribution >= 4 is 23.5 Å². The summed E-state index contributed by atoms with van der Waals surface area (Å²) in [7, 11) is 0. The highest BCUT2D eigenvalue weighted by Gasteiger charge is 2.05. The van der Waals surface area contributed by atoms with E-state index in [1.165, 1.54) is 322 Å². The molecule has 0 aromatic heterocycles. The highest BCUT2D eigenvalue weighted by Crippen LogP contribution is 2.30. The van der Waals surface area contributed by atoms with Gasteiger partial charge in [0.15, 0.2) is 0 Å². The normalized spacial score (nSPS) is 11.7. The lowest BCUT2D eigenvalue weighted by atomic mass is 10.0. The van der Waals surface area contributed by atoms with Crippen LogP contribution in [-0.4, -0.2) is 11.5 Å². The van der Waals surface area contributed by atoms with Crippen molar-refractivity contribution in [3.05, 3.63) is 30.7 Å². The predicted octanol–water partition coefficient (Wildman–Crippen LogP) is 22.2. The Balaban J connectivity index is 1.94. The molecule has 0 aliphatic carbocycles. The molecule has 0 atom stereocenters. The van der Waals surface area contributed by atoms with E-state index in [1.54, 1.807) is 0 Å². The Morgan fingerprint density at radius 1 is 0.283 bits per heavy atom. The summed E-state index contributed by atoms with van der Waals surface area (Å²) in [6, 6.07) is 7.47. The van der Waals surface area contributed by atoms with Gasteiger partial charge in [0.2, 0.25) is 0 Å². The Kier molecular flexibility index (Phi) is 48.2. The Morgan fingerprint density at radius 2 is 0.500 bits per heavy atom. The van der Waals surface area contributed by atoms with Gasteiger partial charge in [0.1, 0.15) is 0 Å². The molecule has 2 heteroatoms. The third-order valence-electron chi connectivity index (χ3n) is 13.2. The van der Waals surface area contributed by atoms with Gasteiger partial charge >= 0.3 is 0 Å². The molecule has 353 valence electrons. The quantitative estimate of drug-likeness (QED) is 0.0473. The van der Waals surface area contributed by atoms with Crippen LogP contribution in [-0.2, 0) is 6.42 Å². The summed E-state index contributed by atoms with van der Waals surface area (Å²) in [5, 5.41) is 0. The molecule has 0 saturated heterocycles. The first-order chi connectivity index (χ1) is 29.8. The number of benzene rings is 1. The summed E-state index contributed by atoms with van der Waals surface area (Å²) >= 11 is 4.23. The van der Waals surface area contributed by atoms with Crippen molar-refractivity contribution in [2.75, 3.05) is 11.5 Å². The molecule has 1 aromatic carbocycles. The molecule has 1 radical (unpaired) electrons. The summed E-state index contributed by atoms with van der Waals surface area (Å²) in [5.41, 5.74) is 1.54. The van der Waals surface area contributed by atoms with Gasteiger partial charge in [0.25, 0.3) is 0 Å². The molecule has 0 aliphatic heterocycles. The van der Waals surface area contributed by atoms with E-state index < -0.39 is 0 Å². The van der Waals surface area contributed by atoms with Crippen molar-refractivity contribution in [3.63, 3.8) is 0 Å². The number of rotatable bonds is 51. The van der Waals surface area contributed by atoms with E-state index in [9.17, 15) is 0 Å². The first kappa shape index (κ1) is 57.9. The molecule has 0 heterocycles. The van der Waals surface area contributed by atoms with Crippen molar-refractivity contribution in [1.82, 2.24) is 0 Å². The SMILES string of the molecule is [CH2]CCCc1cc(SCCCCCCCCCCCCCCCCCCCCCCCC)cc(SCCCCCCCCCCCCCCCCCCCCCCCC)c1. The molecular formula is C58H109S2. The average molecular weight is 871 g/mol. The number of hydrogen-bond donors (Lipinski definition) is 0. The van der Waals surface area contributed by atoms with E-state index in [1.807, 2.05) is 0 Å². The smallest absolute Gasteiger partial charge is 0.00858 e. The van der Waals surface area contributed by atoms with Crippen molar-refractivity contribution < 1.29 is 0 Å². The van der Waals surface area contributed by atoms with Crippen LogP contribution in [0, 0.1) is 6.92 Å². The summed E-state index contributed by atoms with van der Waals surface area (Å²) < 4.78 is 0. The fourth-order valence-corrected chi connectivity index (χ4v) is 11.2. The van der Waals surface area contributed by atoms with Crippen LogP contribution in [0.4, 0.5) is 0 Å². The van der Waals surface area contributed by atoms with Crippen LogP contribution < -0.4 is 0 Å². The van der Waals surface area contributed by atoms with E-state index >= 15 is 0 Å². The minimum atomic E-state index is 1.04. The van der Waals surface area contributed by atoms with E-state index in [-0.39, 0.29) is 0 Å². The summed E-state index contributed by atoms with van der Waals surface area (Å²) in [6.07, 6.45) is 67.6. The molecule has 0 nitrogen and oxygen atoms in total. The lowest BCUT2D eigenvalue weighted by molar-refractivity contribution is 0.520. The van der Waals surface area contributed by atoms with E-state index in [0.29, 0.717) is 0 Å². The van der Waals surface area contributed by atoms with Crippen molar-refractivity contribution in [2.45, 2.75) is 325 Å². The van der Waals surface area contributed by atoms with Gasteiger partial charge in [-0.2, -0.15) is 0 Å². The highest BCUT2D eigenvalue weighted by atomic mass is 32.2. The number of aryl methyl sites for hydroxylation is 1. The number of hydrogen-bond acceptors (Lipinski definition) is 2. The van der Waals surface area contributed by atoms with Crippen LogP contribution >= 0.6 is 23.5 Å². The predicted molar refractivity (Wildman–Crippen MR) is 281 cm³/mol. The summed E-state index contributed by atoms with van der Waals surface area (Å²) in [6.45, 7) is 8.73. The van der Waals surface area contributed by atoms with Crippen LogP contribution in [0.15, 0.2) is 28.0 Å². The van der Waals surface area contributed by atoms with Crippen LogP contribution in [0.25, 0.3) is 0 Å². The van der Waals surface area contributed by atoms with E-state index in [4.69, 9.17) is 0 Å². The lowest BCUT2D eigenvalue weighted by Gasteiger charge is -2.10. The van der Waals surface area contributed by atoms with Crippen molar-refractivity contribution in [1.29, 1.82) is 0 Å². The first-order valence-electron chi connectivity index (χ1n) is 28.0. The molecular weight excluding hydrogens is 761 g/mol. The van der Waals surface area contributed by atoms with Gasteiger partial charge in [0.05, 0.1) is 0 Å². The van der Waals surface area contributed by atoms with Crippen LogP contribution in [0.5, 0.6) is 0 Å². The second kappa shape index (κ2) is 49.9. The minimum Gasteiger partial charge on any atom is -0.126 e. The Bertz CT molecular complexity index is 872. The van der Waals surface area contributed by atoms with Crippen LogP contribution in [0.1, 0.15) is 315 Å². The molecule has 0 fully saturated rings. The Labute approximate surface area is 389 Å². The Hall–Kier alpha value is -0.0800. The molecule has 0 saturated carbocycles. The molecule has 1 rings (SSSR count). The number of thioether (sulfide) groups is 2. The molecule has 0 bridgehead atoms. The Morgan fingerprint density at radius 3 is 0.717 bits per heavy atom. The molecule has 0 amide bonds. The van der Waals surface area contributed by atoms with Crippen LogP contribution in [0.3, 0.4) is 0 Å². The fourth-order valence-electron chi connectivity index (χ4n) is 9.07. The second-order valence-electron chi connectivity index (χ2n) is 19.3. The molecule has 0 N–H and O–H groups in total. The molecule has 0 aliphatic rings. The summed E-state index contributed by atoms with van der Waals surface area (Å²) in [4.78, 5) is 3.02. The van der Waals surface area contributed by atoms with Crippen LogP contribution in [0.2, 0.25) is 0 Å². The molecule has 0 unspecified atom stereocenters. The maximum atomic E-state index is 4.11. The zero-order valence-corrected chi connectivity index (χ0v) is 43.0. The van der Waals surface area contributed by atoms with Crippen molar-refractivity contribution in [3.8, 4) is 0 Å². The maximum absolute atomic E-state index is 4.11. The van der Waals surface area contributed by atoms with Gasteiger partial charge in [0, 0.05) is 9.79 Å². The number of unbranched alkanes of at least 4 members (excludes halogenated alkanes) is 43. The average Bonchev–Trinajstić information content (AvgIpc) is 3.26. The second-order valence-corrected chi connectivity index (χ2v) is 21.7. The topological polar surface area (TPSA) is 0 Å². The standard InChI is InChI=1S/C58H109S2/c1-4-7-10-12-14-16-18-20-22-24-26-28-30-32-34-36-38-40-42-44-46-48-51-59-57-53-56(50-9-6-3)54-58(55-57)60-52-49-47-45-43-41-39-37-35-33-31-29-27-25-23-21-19-17-15-13-11-8-5-2/h53-55H,3-52H2,1-2H3. The van der Waals surface area contributed by atoms with Gasteiger partial charge in [-0.05, 0) is 61.0 Å². The van der Waals surface area contributed by atoms with E-state index in [2.05, 4.69) is 62.5 Å². The zero-order chi connectivity index (χ0) is 42.9. The zero-order valence-electron chi connectivity index (χ0n) is 41.4. The molecule has 0 spiro atoms. The fraction of sp³-hybridized carbons (Fsp3) is 0.879. The maximum Gasteiger partial charge on any atom is 0.00858 e. The van der Waals surface area contributed by atoms with E-state index in [0.717, 1.165) is 6.42 Å². The van der Waals surface area contributed by atoms with Gasteiger partial charge in [-0.15, -0.1) is 23.5 Å². The van der Waals surface area contributed by atoms with Crippen molar-refractivity contribution in [2.24, 2.45) is 0 Å².